The molecule has 0 bridgehead atoms. The highest BCUT2D eigenvalue weighted by Crippen LogP contribution is 2.28. The fraction of sp³-hybridized carbons (Fsp3) is 0.222. The lowest BCUT2D eigenvalue weighted by molar-refractivity contribution is -0.394. The smallest absolute Gasteiger partial charge is 0.338 e. The molecule has 0 aliphatic carbocycles. The first-order valence-corrected chi connectivity index (χ1v) is 8.26. The normalized spacial score (nSPS) is 10.2. The third-order valence-electron chi connectivity index (χ3n) is 3.83. The number of nitrogens with one attached hydrogen (secondary N) is 1. The van der Waals surface area contributed by atoms with Crippen molar-refractivity contribution in [2.75, 3.05) is 11.9 Å². The Hall–Kier alpha value is -3.82. The van der Waals surface area contributed by atoms with Crippen molar-refractivity contribution in [1.82, 2.24) is 0 Å². The minimum Gasteiger partial charge on any atom is -0.462 e. The number of amides is 1. The van der Waals surface area contributed by atoms with E-state index in [1.54, 1.807) is 0 Å². The van der Waals surface area contributed by atoms with Gasteiger partial charge in [0.25, 0.3) is 17.3 Å². The topological polar surface area (TPSA) is 142 Å². The molecule has 0 saturated heterocycles. The molecule has 2 aromatic carbocycles. The Morgan fingerprint density at radius 3 is 2.25 bits per heavy atom. The molecule has 0 fully saturated rings. The number of ether oxygens (including phenoxy) is 1. The maximum atomic E-state index is 12.5. The van der Waals surface area contributed by atoms with E-state index >= 15 is 0 Å². The monoisotopic (exact) mass is 387 g/mol. The second-order valence-corrected chi connectivity index (χ2v) is 5.82. The number of anilines is 1. The molecule has 0 heterocycles. The van der Waals surface area contributed by atoms with Crippen molar-refractivity contribution in [1.29, 1.82) is 0 Å². The number of carbonyl (C=O) groups excluding carboxylic acids is 2. The second kappa shape index (κ2) is 8.71. The molecular formula is C18H17N3O7. The molecular weight excluding hydrogens is 370 g/mol. The van der Waals surface area contributed by atoms with E-state index in [4.69, 9.17) is 4.74 Å². The van der Waals surface area contributed by atoms with Crippen LogP contribution in [0.1, 0.15) is 39.6 Å². The Morgan fingerprint density at radius 1 is 1.07 bits per heavy atom. The molecule has 10 nitrogen and oxygen atoms in total. The van der Waals surface area contributed by atoms with Gasteiger partial charge in [-0.3, -0.25) is 25.0 Å². The maximum absolute atomic E-state index is 12.5. The molecule has 146 valence electrons. The molecule has 0 aliphatic rings. The second-order valence-electron chi connectivity index (χ2n) is 5.82. The van der Waals surface area contributed by atoms with Crippen LogP contribution >= 0.6 is 0 Å². The van der Waals surface area contributed by atoms with Gasteiger partial charge < -0.3 is 10.1 Å². The molecule has 0 unspecified atom stereocenters. The van der Waals surface area contributed by atoms with Gasteiger partial charge in [-0.15, -0.1) is 0 Å². The molecule has 2 aromatic rings. The zero-order chi connectivity index (χ0) is 20.8. The van der Waals surface area contributed by atoms with Gasteiger partial charge in [0.2, 0.25) is 0 Å². The van der Waals surface area contributed by atoms with Crippen LogP contribution in [-0.2, 0) is 4.74 Å². The van der Waals surface area contributed by atoms with Gasteiger partial charge in [0, 0.05) is 17.3 Å². The highest BCUT2D eigenvalue weighted by molar-refractivity contribution is 6.06. The first-order valence-electron chi connectivity index (χ1n) is 8.26. The van der Waals surface area contributed by atoms with Gasteiger partial charge in [0.05, 0.1) is 33.6 Å². The Morgan fingerprint density at radius 2 is 1.71 bits per heavy atom. The summed E-state index contributed by atoms with van der Waals surface area (Å²) in [6.45, 7) is 3.50. The van der Waals surface area contributed by atoms with Gasteiger partial charge in [-0.2, -0.15) is 0 Å². The Bertz CT molecular complexity index is 939. The zero-order valence-corrected chi connectivity index (χ0v) is 15.1. The molecule has 1 amide bonds. The lowest BCUT2D eigenvalue weighted by Gasteiger charge is -2.09. The van der Waals surface area contributed by atoms with Gasteiger partial charge in [0.1, 0.15) is 0 Å². The maximum Gasteiger partial charge on any atom is 0.338 e. The van der Waals surface area contributed by atoms with Crippen LogP contribution in [0, 0.1) is 27.2 Å². The average Bonchev–Trinajstić information content (AvgIpc) is 2.66. The molecule has 0 radical (unpaired) electrons. The van der Waals surface area contributed by atoms with Crippen LogP contribution in [0.4, 0.5) is 17.1 Å². The number of esters is 1. The standard InChI is InChI=1S/C18H17N3O7/c1-3-8-28-18(23)12-4-6-13(7-5-12)19-17(22)15-9-14(20(24)25)10-16(11(15)2)21(26)27/h4-7,9-10H,3,8H2,1-2H3,(H,19,22). The summed E-state index contributed by atoms with van der Waals surface area (Å²) in [5.74, 6) is -1.24. The molecule has 0 aliphatic heterocycles. The summed E-state index contributed by atoms with van der Waals surface area (Å²) in [7, 11) is 0. The van der Waals surface area contributed by atoms with E-state index in [1.807, 2.05) is 6.92 Å². The molecule has 28 heavy (non-hydrogen) atoms. The summed E-state index contributed by atoms with van der Waals surface area (Å²) in [5.41, 5.74) is -0.649. The van der Waals surface area contributed by atoms with Crippen LogP contribution in [0.15, 0.2) is 36.4 Å². The van der Waals surface area contributed by atoms with Crippen molar-refractivity contribution >= 4 is 28.9 Å². The summed E-state index contributed by atoms with van der Waals surface area (Å²) in [4.78, 5) is 44.8. The highest BCUT2D eigenvalue weighted by atomic mass is 16.6. The van der Waals surface area contributed by atoms with Crippen molar-refractivity contribution < 1.29 is 24.2 Å². The molecule has 0 aromatic heterocycles. The first kappa shape index (κ1) is 20.5. The van der Waals surface area contributed by atoms with Crippen molar-refractivity contribution in [3.8, 4) is 0 Å². The van der Waals surface area contributed by atoms with E-state index in [0.29, 0.717) is 24.3 Å². The quantitative estimate of drug-likeness (QED) is 0.434. The van der Waals surface area contributed by atoms with Gasteiger partial charge in [-0.25, -0.2) is 4.79 Å². The third-order valence-corrected chi connectivity index (χ3v) is 3.83. The number of nitro benzene ring substituents is 2. The summed E-state index contributed by atoms with van der Waals surface area (Å²) in [5, 5.41) is 24.6. The van der Waals surface area contributed by atoms with Gasteiger partial charge in [0.15, 0.2) is 0 Å². The van der Waals surface area contributed by atoms with E-state index in [-0.39, 0.29) is 11.1 Å². The Balaban J connectivity index is 2.26. The number of hydrogen-bond donors (Lipinski definition) is 1. The minimum absolute atomic E-state index is 0.00728. The van der Waals surface area contributed by atoms with Gasteiger partial charge in [-0.1, -0.05) is 6.92 Å². The van der Waals surface area contributed by atoms with E-state index in [2.05, 4.69) is 5.32 Å². The zero-order valence-electron chi connectivity index (χ0n) is 15.1. The number of hydrogen-bond acceptors (Lipinski definition) is 7. The van der Waals surface area contributed by atoms with E-state index in [0.717, 1.165) is 12.1 Å². The predicted molar refractivity (Wildman–Crippen MR) is 99.5 cm³/mol. The van der Waals surface area contributed by atoms with E-state index in [9.17, 15) is 29.8 Å². The number of nitrogens with zero attached hydrogens (tertiary/aromatic N) is 2. The van der Waals surface area contributed by atoms with E-state index in [1.165, 1.54) is 31.2 Å². The van der Waals surface area contributed by atoms with Crippen molar-refractivity contribution in [3.05, 3.63) is 73.3 Å². The van der Waals surface area contributed by atoms with Crippen LogP contribution in [-0.4, -0.2) is 28.3 Å². The van der Waals surface area contributed by atoms with Crippen molar-refractivity contribution in [2.24, 2.45) is 0 Å². The van der Waals surface area contributed by atoms with Crippen LogP contribution in [0.25, 0.3) is 0 Å². The van der Waals surface area contributed by atoms with Gasteiger partial charge >= 0.3 is 5.97 Å². The highest BCUT2D eigenvalue weighted by Gasteiger charge is 2.24. The van der Waals surface area contributed by atoms with Crippen LogP contribution in [0.5, 0.6) is 0 Å². The summed E-state index contributed by atoms with van der Waals surface area (Å²) in [6.07, 6.45) is 0.689. The lowest BCUT2D eigenvalue weighted by atomic mass is 10.0. The van der Waals surface area contributed by atoms with Crippen LogP contribution in [0.2, 0.25) is 0 Å². The van der Waals surface area contributed by atoms with E-state index < -0.39 is 33.1 Å². The molecule has 0 atom stereocenters. The van der Waals surface area contributed by atoms with Crippen LogP contribution in [0.3, 0.4) is 0 Å². The number of carbonyl (C=O) groups is 2. The minimum atomic E-state index is -0.806. The molecule has 0 saturated carbocycles. The SMILES string of the molecule is CCCOC(=O)c1ccc(NC(=O)c2cc([N+](=O)[O-])cc([N+](=O)[O-])c2C)cc1. The average molecular weight is 387 g/mol. The fourth-order valence-corrected chi connectivity index (χ4v) is 2.38. The summed E-state index contributed by atoms with van der Waals surface area (Å²) in [6, 6.07) is 7.62. The number of non-ortho nitro benzene ring substituents is 1. The number of benzene rings is 2. The van der Waals surface area contributed by atoms with Crippen molar-refractivity contribution in [3.63, 3.8) is 0 Å². The molecule has 10 heteroatoms. The molecule has 1 N–H and O–H groups in total. The first-order chi connectivity index (χ1) is 13.2. The number of nitro groups is 2. The molecule has 2 rings (SSSR count). The fourth-order valence-electron chi connectivity index (χ4n) is 2.38. The summed E-state index contributed by atoms with van der Waals surface area (Å²) < 4.78 is 5.00. The van der Waals surface area contributed by atoms with Gasteiger partial charge in [-0.05, 0) is 37.6 Å². The van der Waals surface area contributed by atoms with Crippen molar-refractivity contribution in [2.45, 2.75) is 20.3 Å². The predicted octanol–water partition coefficient (Wildman–Crippen LogP) is 3.63. The third kappa shape index (κ3) is 4.67. The molecule has 0 spiro atoms. The number of rotatable bonds is 7. The van der Waals surface area contributed by atoms with Crippen LogP contribution < -0.4 is 5.32 Å². The lowest BCUT2D eigenvalue weighted by Crippen LogP contribution is -2.15. The largest absolute Gasteiger partial charge is 0.462 e. The Kier molecular flexibility index (Phi) is 6.38. The summed E-state index contributed by atoms with van der Waals surface area (Å²) >= 11 is 0. The Labute approximate surface area is 159 Å².